The first-order chi connectivity index (χ1) is 16.7. The van der Waals surface area contributed by atoms with Crippen LogP contribution in [0.1, 0.15) is 48.2 Å². The molecule has 6 nitrogen and oxygen atoms in total. The molecule has 34 heavy (non-hydrogen) atoms. The number of fused-ring (bicyclic) bond motifs is 1. The maximum absolute atomic E-state index is 12.9. The van der Waals surface area contributed by atoms with Gasteiger partial charge >= 0.3 is 0 Å². The molecule has 0 unspecified atom stereocenters. The lowest BCUT2D eigenvalue weighted by Crippen LogP contribution is -2.46. The van der Waals surface area contributed by atoms with Crippen molar-refractivity contribution >= 4 is 16.8 Å². The fourth-order valence-electron chi connectivity index (χ4n) is 5.09. The van der Waals surface area contributed by atoms with Crippen molar-refractivity contribution in [2.45, 2.75) is 44.8 Å². The highest BCUT2D eigenvalue weighted by atomic mass is 16.5. The summed E-state index contributed by atoms with van der Waals surface area (Å²) >= 11 is 0. The molecule has 5 rings (SSSR count). The minimum absolute atomic E-state index is 0.0188. The van der Waals surface area contributed by atoms with E-state index < -0.39 is 0 Å². The standard InChI is InChI=1S/C28H36N4O2/c33-28(29-24-11-15-32(16-12-24)18-17-31-13-5-2-6-14-31)27-20-23-19-25(9-10-26(23)30-27)34-21-22-7-3-1-4-8-22/h1,3-4,7-10,19-20,24,30H,2,5-6,11-18,21H2,(H,29,33). The maximum atomic E-state index is 12.9. The summed E-state index contributed by atoms with van der Waals surface area (Å²) in [6.07, 6.45) is 6.13. The monoisotopic (exact) mass is 460 g/mol. The summed E-state index contributed by atoms with van der Waals surface area (Å²) in [6.45, 7) is 7.51. The number of aromatic nitrogens is 1. The molecule has 3 aromatic rings. The molecule has 2 N–H and O–H groups in total. The number of carbonyl (C=O) groups is 1. The Bertz CT molecular complexity index is 1070. The van der Waals surface area contributed by atoms with Crippen LogP contribution in [0.5, 0.6) is 5.75 Å². The topological polar surface area (TPSA) is 60.6 Å². The highest BCUT2D eigenvalue weighted by Gasteiger charge is 2.22. The van der Waals surface area contributed by atoms with E-state index in [1.54, 1.807) is 0 Å². The third kappa shape index (κ3) is 5.99. The quantitative estimate of drug-likeness (QED) is 0.522. The van der Waals surface area contributed by atoms with Crippen LogP contribution in [0.2, 0.25) is 0 Å². The van der Waals surface area contributed by atoms with Crippen LogP contribution < -0.4 is 10.1 Å². The third-order valence-corrected chi connectivity index (χ3v) is 7.19. The molecular weight excluding hydrogens is 424 g/mol. The second-order valence-electron chi connectivity index (χ2n) is 9.70. The first-order valence-corrected chi connectivity index (χ1v) is 12.8. The largest absolute Gasteiger partial charge is 0.489 e. The molecule has 0 bridgehead atoms. The van der Waals surface area contributed by atoms with E-state index in [0.29, 0.717) is 12.3 Å². The molecule has 0 spiro atoms. The Labute approximate surface area is 202 Å². The van der Waals surface area contributed by atoms with Crippen LogP contribution >= 0.6 is 0 Å². The van der Waals surface area contributed by atoms with Gasteiger partial charge in [-0.3, -0.25) is 4.79 Å². The van der Waals surface area contributed by atoms with Crippen LogP contribution in [0.15, 0.2) is 54.6 Å². The fourth-order valence-corrected chi connectivity index (χ4v) is 5.09. The van der Waals surface area contributed by atoms with E-state index in [0.717, 1.165) is 54.7 Å². The van der Waals surface area contributed by atoms with Gasteiger partial charge in [0.15, 0.2) is 0 Å². The molecule has 2 aliphatic rings. The van der Waals surface area contributed by atoms with Gasteiger partial charge in [-0.2, -0.15) is 0 Å². The van der Waals surface area contributed by atoms with Crippen LogP contribution in [0.3, 0.4) is 0 Å². The van der Waals surface area contributed by atoms with Crippen molar-refractivity contribution in [1.29, 1.82) is 0 Å². The first-order valence-electron chi connectivity index (χ1n) is 12.8. The van der Waals surface area contributed by atoms with Gasteiger partial charge in [-0.1, -0.05) is 36.8 Å². The van der Waals surface area contributed by atoms with Crippen LogP contribution in [-0.2, 0) is 6.61 Å². The Morgan fingerprint density at radius 2 is 1.65 bits per heavy atom. The Morgan fingerprint density at radius 3 is 2.41 bits per heavy atom. The lowest BCUT2D eigenvalue weighted by atomic mass is 10.0. The van der Waals surface area contributed by atoms with Crippen molar-refractivity contribution in [3.05, 3.63) is 65.9 Å². The molecule has 0 atom stereocenters. The van der Waals surface area contributed by atoms with Crippen molar-refractivity contribution in [3.63, 3.8) is 0 Å². The summed E-state index contributed by atoms with van der Waals surface area (Å²) in [5.74, 6) is 0.786. The van der Waals surface area contributed by atoms with Crippen molar-refractivity contribution in [2.24, 2.45) is 0 Å². The van der Waals surface area contributed by atoms with Gasteiger partial charge in [0.25, 0.3) is 5.91 Å². The molecular formula is C28H36N4O2. The number of rotatable bonds is 8. The summed E-state index contributed by atoms with van der Waals surface area (Å²) in [5, 5.41) is 4.23. The van der Waals surface area contributed by atoms with E-state index in [4.69, 9.17) is 4.74 Å². The van der Waals surface area contributed by atoms with Gasteiger partial charge in [-0.15, -0.1) is 0 Å². The number of carbonyl (C=O) groups excluding carboxylic acids is 1. The lowest BCUT2D eigenvalue weighted by molar-refractivity contribution is 0.0901. The number of hydrogen-bond donors (Lipinski definition) is 2. The molecule has 2 saturated heterocycles. The van der Waals surface area contributed by atoms with Gasteiger partial charge in [0.05, 0.1) is 0 Å². The number of amides is 1. The third-order valence-electron chi connectivity index (χ3n) is 7.19. The van der Waals surface area contributed by atoms with E-state index in [-0.39, 0.29) is 11.9 Å². The molecule has 2 aromatic carbocycles. The SMILES string of the molecule is O=C(NC1CCN(CCN2CCCCC2)CC1)c1cc2cc(OCc3ccccc3)ccc2[nH]1. The normalized spacial score (nSPS) is 18.2. The summed E-state index contributed by atoms with van der Waals surface area (Å²) < 4.78 is 5.94. The van der Waals surface area contributed by atoms with Gasteiger partial charge in [0.1, 0.15) is 18.1 Å². The molecule has 2 fully saturated rings. The van der Waals surface area contributed by atoms with Gasteiger partial charge in [-0.05, 0) is 68.6 Å². The molecule has 2 aliphatic heterocycles. The predicted octanol–water partition coefficient (Wildman–Crippen LogP) is 4.43. The summed E-state index contributed by atoms with van der Waals surface area (Å²) in [5.41, 5.74) is 2.70. The highest BCUT2D eigenvalue weighted by Crippen LogP contribution is 2.23. The molecule has 1 aromatic heterocycles. The van der Waals surface area contributed by atoms with Crippen molar-refractivity contribution in [3.8, 4) is 5.75 Å². The van der Waals surface area contributed by atoms with E-state index in [9.17, 15) is 4.79 Å². The Balaban J connectivity index is 1.10. The predicted molar refractivity (Wildman–Crippen MR) is 136 cm³/mol. The number of H-pyrrole nitrogens is 1. The van der Waals surface area contributed by atoms with Crippen LogP contribution in [0.4, 0.5) is 0 Å². The van der Waals surface area contributed by atoms with Gasteiger partial charge in [0, 0.05) is 43.1 Å². The minimum atomic E-state index is -0.0188. The first kappa shape index (κ1) is 22.9. The highest BCUT2D eigenvalue weighted by molar-refractivity contribution is 5.98. The molecule has 0 radical (unpaired) electrons. The van der Waals surface area contributed by atoms with Gasteiger partial charge in [0.2, 0.25) is 0 Å². The number of hydrogen-bond acceptors (Lipinski definition) is 4. The minimum Gasteiger partial charge on any atom is -0.489 e. The van der Waals surface area contributed by atoms with E-state index in [1.807, 2.05) is 42.5 Å². The smallest absolute Gasteiger partial charge is 0.267 e. The Kier molecular flexibility index (Phi) is 7.46. The number of likely N-dealkylation sites (tertiary alicyclic amines) is 2. The summed E-state index contributed by atoms with van der Waals surface area (Å²) in [7, 11) is 0. The zero-order valence-electron chi connectivity index (χ0n) is 20.0. The second-order valence-corrected chi connectivity index (χ2v) is 9.70. The summed E-state index contributed by atoms with van der Waals surface area (Å²) in [6, 6.07) is 18.2. The van der Waals surface area contributed by atoms with E-state index in [2.05, 4.69) is 32.2 Å². The number of benzene rings is 2. The number of nitrogens with one attached hydrogen (secondary N) is 2. The Morgan fingerprint density at radius 1 is 0.912 bits per heavy atom. The molecule has 1 amide bonds. The molecule has 6 heteroatoms. The molecule has 3 heterocycles. The number of ether oxygens (including phenoxy) is 1. The zero-order valence-corrected chi connectivity index (χ0v) is 20.0. The molecule has 180 valence electrons. The number of aromatic amines is 1. The summed E-state index contributed by atoms with van der Waals surface area (Å²) in [4.78, 5) is 21.3. The lowest BCUT2D eigenvalue weighted by Gasteiger charge is -2.34. The van der Waals surface area contributed by atoms with Gasteiger partial charge in [-0.25, -0.2) is 0 Å². The van der Waals surface area contributed by atoms with Crippen molar-refractivity contribution in [2.75, 3.05) is 39.3 Å². The van der Waals surface area contributed by atoms with E-state index in [1.165, 1.54) is 38.9 Å². The second kappa shape index (κ2) is 11.1. The van der Waals surface area contributed by atoms with E-state index >= 15 is 0 Å². The van der Waals surface area contributed by atoms with Crippen LogP contribution in [0.25, 0.3) is 10.9 Å². The Hall–Kier alpha value is -2.83. The van der Waals surface area contributed by atoms with Crippen molar-refractivity contribution in [1.82, 2.24) is 20.1 Å². The van der Waals surface area contributed by atoms with Crippen molar-refractivity contribution < 1.29 is 9.53 Å². The average Bonchev–Trinajstić information content (AvgIpc) is 3.32. The molecule has 0 saturated carbocycles. The van der Waals surface area contributed by atoms with Crippen LogP contribution in [0, 0.1) is 0 Å². The number of nitrogens with zero attached hydrogens (tertiary/aromatic N) is 2. The molecule has 0 aliphatic carbocycles. The maximum Gasteiger partial charge on any atom is 0.267 e. The van der Waals surface area contributed by atoms with Crippen LogP contribution in [-0.4, -0.2) is 66.0 Å². The van der Waals surface area contributed by atoms with Gasteiger partial charge < -0.3 is 24.8 Å². The number of piperidine rings is 2. The average molecular weight is 461 g/mol. The fraction of sp³-hybridized carbons (Fsp3) is 0.464. The zero-order chi connectivity index (χ0) is 23.2.